The van der Waals surface area contributed by atoms with Gasteiger partial charge in [0, 0.05) is 5.69 Å². The number of benzene rings is 1. The molecular weight excluding hydrogens is 438 g/mol. The van der Waals surface area contributed by atoms with Gasteiger partial charge >= 0.3 is 6.18 Å². The van der Waals surface area contributed by atoms with Crippen molar-refractivity contribution in [2.45, 2.75) is 6.18 Å². The Hall–Kier alpha value is -4.17. The highest BCUT2D eigenvalue weighted by Crippen LogP contribution is 2.20. The van der Waals surface area contributed by atoms with Crippen LogP contribution in [-0.2, 0) is 4.79 Å². The fraction of sp³-hybridized carbons (Fsp3) is 0.235. The second-order valence-electron chi connectivity index (χ2n) is 6.17. The van der Waals surface area contributed by atoms with Gasteiger partial charge in [0.25, 0.3) is 5.95 Å². The second kappa shape index (κ2) is 9.32. The summed E-state index contributed by atoms with van der Waals surface area (Å²) in [4.78, 5) is 23.2. The Labute approximate surface area is 178 Å². The molecule has 15 heteroatoms. The van der Waals surface area contributed by atoms with Crippen molar-refractivity contribution < 1.29 is 27.1 Å². The van der Waals surface area contributed by atoms with E-state index in [1.807, 2.05) is 0 Å². The van der Waals surface area contributed by atoms with Crippen LogP contribution in [0.15, 0.2) is 30.5 Å². The van der Waals surface area contributed by atoms with Crippen molar-refractivity contribution in [1.29, 1.82) is 0 Å². The Balaban J connectivity index is 1.70. The fourth-order valence-electron chi connectivity index (χ4n) is 2.34. The number of nitrogens with two attached hydrogens (primary N) is 1. The fourth-order valence-corrected chi connectivity index (χ4v) is 2.34. The van der Waals surface area contributed by atoms with E-state index in [0.29, 0.717) is 11.4 Å². The van der Waals surface area contributed by atoms with Gasteiger partial charge in [-0.3, -0.25) is 4.79 Å². The maximum Gasteiger partial charge on any atom is 0.405 e. The van der Waals surface area contributed by atoms with E-state index in [2.05, 4.69) is 30.7 Å². The molecule has 3 rings (SSSR count). The van der Waals surface area contributed by atoms with Gasteiger partial charge in [-0.1, -0.05) is 0 Å². The zero-order chi connectivity index (χ0) is 23.3. The summed E-state index contributed by atoms with van der Waals surface area (Å²) in [6.45, 7) is -2.16. The summed E-state index contributed by atoms with van der Waals surface area (Å²) in [6.07, 6.45) is -3.78. The Morgan fingerprint density at radius 3 is 2.59 bits per heavy atom. The number of anilines is 4. The van der Waals surface area contributed by atoms with Gasteiger partial charge in [-0.15, -0.1) is 5.10 Å². The molecule has 0 unspecified atom stereocenters. The van der Waals surface area contributed by atoms with Crippen LogP contribution in [0.5, 0.6) is 5.75 Å². The average Bonchev–Trinajstić information content (AvgIpc) is 3.11. The third-order valence-corrected chi connectivity index (χ3v) is 3.80. The molecule has 0 spiro atoms. The van der Waals surface area contributed by atoms with E-state index in [1.165, 1.54) is 7.11 Å². The van der Waals surface area contributed by atoms with Gasteiger partial charge in [-0.05, 0) is 24.3 Å². The Kier molecular flexibility index (Phi) is 6.56. The molecule has 2 aromatic heterocycles. The largest absolute Gasteiger partial charge is 0.497 e. The molecule has 0 bridgehead atoms. The number of rotatable bonds is 8. The minimum absolute atomic E-state index is 0.0987. The number of halogens is 4. The number of hydrogen-bond donors (Lipinski definition) is 4. The van der Waals surface area contributed by atoms with Gasteiger partial charge < -0.3 is 26.4 Å². The highest BCUT2D eigenvalue weighted by atomic mass is 19.4. The number of nitrogens with one attached hydrogen (secondary N) is 3. The molecule has 3 aromatic rings. The van der Waals surface area contributed by atoms with E-state index >= 15 is 0 Å². The Morgan fingerprint density at radius 2 is 1.94 bits per heavy atom. The standard InChI is InChI=1S/C17H17F4N9O2/c1-32-10-4-2-9(3-5-10)26-15-28-14(22)30(29-15)16-24-6-11(18)13(27-16)23-7-12(31)25-8-17(19,20)21/h2-6H,7-8H2,1H3,(H,25,31)(H,23,24,27)(H3,22,26,28,29). The molecule has 0 radical (unpaired) electrons. The van der Waals surface area contributed by atoms with Crippen LogP contribution in [0.1, 0.15) is 0 Å². The monoisotopic (exact) mass is 455 g/mol. The number of ether oxygens (including phenoxy) is 1. The molecule has 1 amide bonds. The van der Waals surface area contributed by atoms with Crippen molar-refractivity contribution in [2.75, 3.05) is 36.6 Å². The number of alkyl halides is 3. The lowest BCUT2D eigenvalue weighted by atomic mass is 10.3. The zero-order valence-electron chi connectivity index (χ0n) is 16.4. The molecule has 0 saturated heterocycles. The van der Waals surface area contributed by atoms with E-state index in [9.17, 15) is 22.4 Å². The molecular formula is C17H17F4N9O2. The summed E-state index contributed by atoms with van der Waals surface area (Å²) in [5.41, 5.74) is 6.46. The van der Waals surface area contributed by atoms with E-state index in [-0.39, 0.29) is 17.8 Å². The van der Waals surface area contributed by atoms with Crippen LogP contribution in [0, 0.1) is 5.82 Å². The molecule has 0 aliphatic rings. The molecule has 32 heavy (non-hydrogen) atoms. The van der Waals surface area contributed by atoms with E-state index < -0.39 is 36.8 Å². The molecule has 2 heterocycles. The van der Waals surface area contributed by atoms with Gasteiger partial charge in [-0.25, -0.2) is 9.37 Å². The number of nitrogens with zero attached hydrogens (tertiary/aromatic N) is 5. The Morgan fingerprint density at radius 1 is 1.22 bits per heavy atom. The molecule has 0 aliphatic heterocycles. The average molecular weight is 455 g/mol. The predicted octanol–water partition coefficient (Wildman–Crippen LogP) is 1.62. The number of aromatic nitrogens is 5. The first kappa shape index (κ1) is 22.5. The summed E-state index contributed by atoms with van der Waals surface area (Å²) in [5, 5.41) is 11.0. The van der Waals surface area contributed by atoms with Crippen LogP contribution in [0.4, 0.5) is 41.0 Å². The zero-order valence-corrected chi connectivity index (χ0v) is 16.4. The molecule has 0 aliphatic carbocycles. The van der Waals surface area contributed by atoms with Crippen LogP contribution in [0.2, 0.25) is 0 Å². The quantitative estimate of drug-likeness (QED) is 0.372. The Bertz CT molecular complexity index is 1090. The molecule has 0 atom stereocenters. The van der Waals surface area contributed by atoms with Crippen molar-refractivity contribution in [2.24, 2.45) is 0 Å². The first-order valence-corrected chi connectivity index (χ1v) is 8.88. The third-order valence-electron chi connectivity index (χ3n) is 3.80. The van der Waals surface area contributed by atoms with Crippen molar-refractivity contribution >= 4 is 29.3 Å². The van der Waals surface area contributed by atoms with E-state index in [0.717, 1.165) is 10.9 Å². The van der Waals surface area contributed by atoms with Gasteiger partial charge in [0.2, 0.25) is 17.8 Å². The first-order chi connectivity index (χ1) is 15.1. The molecule has 0 fully saturated rings. The van der Waals surface area contributed by atoms with Crippen LogP contribution >= 0.6 is 0 Å². The van der Waals surface area contributed by atoms with Crippen molar-refractivity contribution in [3.63, 3.8) is 0 Å². The number of amides is 1. The summed E-state index contributed by atoms with van der Waals surface area (Å²) < 4.78 is 56.5. The highest BCUT2D eigenvalue weighted by Gasteiger charge is 2.27. The maximum atomic E-state index is 14.0. The van der Waals surface area contributed by atoms with Crippen molar-refractivity contribution in [3.05, 3.63) is 36.3 Å². The lowest BCUT2D eigenvalue weighted by Gasteiger charge is -2.10. The molecule has 0 saturated carbocycles. The van der Waals surface area contributed by atoms with Crippen LogP contribution < -0.4 is 26.4 Å². The number of hydrogen-bond acceptors (Lipinski definition) is 9. The smallest absolute Gasteiger partial charge is 0.405 e. The van der Waals surface area contributed by atoms with Gasteiger partial charge in [-0.2, -0.15) is 27.8 Å². The molecule has 170 valence electrons. The summed E-state index contributed by atoms with van der Waals surface area (Å²) in [7, 11) is 1.53. The predicted molar refractivity (Wildman–Crippen MR) is 105 cm³/mol. The van der Waals surface area contributed by atoms with Crippen molar-refractivity contribution in [3.8, 4) is 11.7 Å². The number of nitrogen functional groups attached to an aromatic ring is 1. The van der Waals surface area contributed by atoms with Gasteiger partial charge in [0.1, 0.15) is 12.3 Å². The summed E-state index contributed by atoms with van der Waals surface area (Å²) >= 11 is 0. The summed E-state index contributed by atoms with van der Waals surface area (Å²) in [5.74, 6) is -1.93. The first-order valence-electron chi connectivity index (χ1n) is 8.88. The lowest BCUT2D eigenvalue weighted by molar-refractivity contribution is -0.137. The minimum atomic E-state index is -4.56. The second-order valence-corrected chi connectivity index (χ2v) is 6.17. The minimum Gasteiger partial charge on any atom is -0.497 e. The van der Waals surface area contributed by atoms with Gasteiger partial charge in [0.05, 0.1) is 19.9 Å². The van der Waals surface area contributed by atoms with Crippen molar-refractivity contribution in [1.82, 2.24) is 30.0 Å². The SMILES string of the molecule is COc1ccc(Nc2nc(N)n(-c3ncc(F)c(NCC(=O)NCC(F)(F)F)n3)n2)cc1. The van der Waals surface area contributed by atoms with Crippen LogP contribution in [-0.4, -0.2) is 57.0 Å². The van der Waals surface area contributed by atoms with E-state index in [1.54, 1.807) is 29.6 Å². The number of carbonyl (C=O) groups is 1. The molecule has 5 N–H and O–H groups in total. The number of carbonyl (C=O) groups excluding carboxylic acids is 1. The normalized spacial score (nSPS) is 11.2. The highest BCUT2D eigenvalue weighted by molar-refractivity contribution is 5.80. The topological polar surface area (TPSA) is 145 Å². The van der Waals surface area contributed by atoms with E-state index in [4.69, 9.17) is 10.5 Å². The lowest BCUT2D eigenvalue weighted by Crippen LogP contribution is -2.37. The van der Waals surface area contributed by atoms with Crippen LogP contribution in [0.3, 0.4) is 0 Å². The number of methoxy groups -OCH3 is 1. The van der Waals surface area contributed by atoms with Gasteiger partial charge in [0.15, 0.2) is 11.6 Å². The third kappa shape index (κ3) is 5.93. The summed E-state index contributed by atoms with van der Waals surface area (Å²) in [6, 6.07) is 6.87. The molecule has 1 aromatic carbocycles. The van der Waals surface area contributed by atoms with Crippen LogP contribution in [0.25, 0.3) is 5.95 Å². The maximum absolute atomic E-state index is 14.0. The molecule has 11 nitrogen and oxygen atoms in total.